The van der Waals surface area contributed by atoms with E-state index in [0.29, 0.717) is 23.6 Å². The van der Waals surface area contributed by atoms with Gasteiger partial charge in [0, 0.05) is 29.9 Å². The Bertz CT molecular complexity index is 1170. The lowest BCUT2D eigenvalue weighted by molar-refractivity contribution is -0.137. The minimum atomic E-state index is -4.45. The normalized spacial score (nSPS) is 22.1. The van der Waals surface area contributed by atoms with Gasteiger partial charge >= 0.3 is 6.18 Å². The Morgan fingerprint density at radius 2 is 1.94 bits per heavy atom. The fourth-order valence-electron chi connectivity index (χ4n) is 5.01. The van der Waals surface area contributed by atoms with E-state index in [0.717, 1.165) is 36.2 Å². The molecule has 1 aliphatic heterocycles. The maximum absolute atomic E-state index is 13.6. The number of hydrogen-bond acceptors (Lipinski definition) is 5. The van der Waals surface area contributed by atoms with Gasteiger partial charge in [-0.2, -0.15) is 13.2 Å². The molecule has 9 heteroatoms. The van der Waals surface area contributed by atoms with Gasteiger partial charge in [0.05, 0.1) is 17.3 Å². The van der Waals surface area contributed by atoms with Gasteiger partial charge in [0.15, 0.2) is 0 Å². The number of amides is 1. The summed E-state index contributed by atoms with van der Waals surface area (Å²) in [6, 6.07) is 9.40. The number of aryl methyl sites for hydroxylation is 2. The number of benzene rings is 1. The van der Waals surface area contributed by atoms with E-state index in [9.17, 15) is 18.0 Å². The average molecular weight is 457 g/mol. The van der Waals surface area contributed by atoms with Gasteiger partial charge in [-0.1, -0.05) is 23.4 Å². The van der Waals surface area contributed by atoms with Crippen LogP contribution in [0, 0.1) is 19.8 Å². The first-order valence-electron chi connectivity index (χ1n) is 10.8. The number of piperidine rings is 1. The van der Waals surface area contributed by atoms with Crippen molar-refractivity contribution in [3.8, 4) is 17.0 Å². The lowest BCUT2D eigenvalue weighted by atomic mass is 9.96. The van der Waals surface area contributed by atoms with E-state index >= 15 is 0 Å². The Morgan fingerprint density at radius 3 is 2.58 bits per heavy atom. The summed E-state index contributed by atoms with van der Waals surface area (Å²) in [5.74, 6) is 0.950. The zero-order chi connectivity index (χ0) is 23.3. The highest BCUT2D eigenvalue weighted by Gasteiger charge is 2.48. The second-order valence-electron chi connectivity index (χ2n) is 8.65. The summed E-state index contributed by atoms with van der Waals surface area (Å²) in [4.78, 5) is 19.3. The van der Waals surface area contributed by atoms with Crippen molar-refractivity contribution < 1.29 is 27.2 Å². The molecule has 5 rings (SSSR count). The molecule has 1 aliphatic carbocycles. The van der Waals surface area contributed by atoms with Gasteiger partial charge in [0.2, 0.25) is 5.88 Å². The van der Waals surface area contributed by atoms with E-state index in [1.54, 1.807) is 6.07 Å². The summed E-state index contributed by atoms with van der Waals surface area (Å²) in [6.07, 6.45) is -2.46. The summed E-state index contributed by atoms with van der Waals surface area (Å²) >= 11 is 0. The Hall–Kier alpha value is -3.36. The third-order valence-corrected chi connectivity index (χ3v) is 6.48. The number of alkyl halides is 3. The van der Waals surface area contributed by atoms with E-state index in [-0.39, 0.29) is 29.9 Å². The number of likely N-dealkylation sites (tertiary alicyclic amines) is 1. The molecule has 0 spiro atoms. The largest absolute Gasteiger partial charge is 0.472 e. The molecule has 6 nitrogen and oxygen atoms in total. The fraction of sp³-hybridized carbons (Fsp3) is 0.375. The number of aromatic nitrogens is 2. The molecule has 2 bridgehead atoms. The molecular weight excluding hydrogens is 435 g/mol. The Kier molecular flexibility index (Phi) is 5.14. The number of halogens is 3. The van der Waals surface area contributed by atoms with Crippen LogP contribution in [0.15, 0.2) is 47.1 Å². The third kappa shape index (κ3) is 3.85. The molecule has 2 fully saturated rings. The summed E-state index contributed by atoms with van der Waals surface area (Å²) in [7, 11) is 0. The molecule has 1 saturated heterocycles. The number of rotatable bonds is 4. The number of nitrogens with zero attached hydrogens (tertiary/aromatic N) is 3. The summed E-state index contributed by atoms with van der Waals surface area (Å²) in [5, 5.41) is 4.01. The van der Waals surface area contributed by atoms with Gasteiger partial charge in [0.1, 0.15) is 11.9 Å². The van der Waals surface area contributed by atoms with Crippen molar-refractivity contribution in [1.29, 1.82) is 0 Å². The molecule has 0 radical (unpaired) electrons. The van der Waals surface area contributed by atoms with Gasteiger partial charge < -0.3 is 14.2 Å². The van der Waals surface area contributed by atoms with Gasteiger partial charge in [-0.15, -0.1) is 0 Å². The number of carbonyl (C=O) groups excluding carboxylic acids is 1. The van der Waals surface area contributed by atoms with Crippen LogP contribution in [0.2, 0.25) is 0 Å². The molecule has 2 aliphatic rings. The minimum Gasteiger partial charge on any atom is -0.472 e. The molecule has 33 heavy (non-hydrogen) atoms. The number of carbonyl (C=O) groups is 1. The van der Waals surface area contributed by atoms with Crippen LogP contribution >= 0.6 is 0 Å². The Balaban J connectivity index is 1.37. The SMILES string of the molecule is Cc1noc(C)c1-c1ccccc1C(=O)N1CC2CC(Oc3ccc(C(F)(F)F)cn3)C1C2. The van der Waals surface area contributed by atoms with Crippen LogP contribution in [0.3, 0.4) is 0 Å². The molecule has 2 aromatic heterocycles. The molecular formula is C24H22F3N3O3. The lowest BCUT2D eigenvalue weighted by Gasteiger charge is -2.33. The summed E-state index contributed by atoms with van der Waals surface area (Å²) < 4.78 is 49.6. The van der Waals surface area contributed by atoms with E-state index in [2.05, 4.69) is 10.1 Å². The first kappa shape index (κ1) is 21.5. The van der Waals surface area contributed by atoms with Gasteiger partial charge in [-0.05, 0) is 50.3 Å². The Morgan fingerprint density at radius 1 is 1.15 bits per heavy atom. The van der Waals surface area contributed by atoms with Crippen LogP contribution in [0.25, 0.3) is 11.1 Å². The first-order valence-corrected chi connectivity index (χ1v) is 10.8. The maximum Gasteiger partial charge on any atom is 0.417 e. The topological polar surface area (TPSA) is 68.5 Å². The number of fused-ring (bicyclic) bond motifs is 2. The van der Waals surface area contributed by atoms with Crippen molar-refractivity contribution in [2.75, 3.05) is 6.54 Å². The molecule has 3 heterocycles. The number of pyridine rings is 1. The zero-order valence-electron chi connectivity index (χ0n) is 18.1. The highest BCUT2D eigenvalue weighted by molar-refractivity contribution is 6.01. The fourth-order valence-corrected chi connectivity index (χ4v) is 5.01. The minimum absolute atomic E-state index is 0.105. The van der Waals surface area contributed by atoms with E-state index in [1.807, 2.05) is 36.9 Å². The van der Waals surface area contributed by atoms with Gasteiger partial charge in [-0.3, -0.25) is 4.79 Å². The van der Waals surface area contributed by atoms with Gasteiger partial charge in [-0.25, -0.2) is 4.98 Å². The quantitative estimate of drug-likeness (QED) is 0.548. The van der Waals surface area contributed by atoms with Crippen molar-refractivity contribution >= 4 is 5.91 Å². The first-order chi connectivity index (χ1) is 15.7. The highest BCUT2D eigenvalue weighted by Crippen LogP contribution is 2.41. The molecule has 3 aromatic rings. The standard InChI is InChI=1S/C24H22F3N3O3/c1-13-22(14(2)33-29-13)17-5-3-4-6-18(17)23(31)30-12-15-9-19(30)20(10-15)32-21-8-7-16(11-28-21)24(25,26)27/h3-8,11,15,19-20H,9-10,12H2,1-2H3. The molecule has 1 amide bonds. The van der Waals surface area contributed by atoms with Crippen LogP contribution in [0.1, 0.15) is 40.2 Å². The van der Waals surface area contributed by atoms with Crippen LogP contribution in [-0.4, -0.2) is 39.6 Å². The number of ether oxygens (including phenoxy) is 1. The van der Waals surface area contributed by atoms with E-state index in [1.165, 1.54) is 6.07 Å². The molecule has 0 N–H and O–H groups in total. The molecule has 3 unspecified atom stereocenters. The maximum atomic E-state index is 13.6. The smallest absolute Gasteiger partial charge is 0.417 e. The zero-order valence-corrected chi connectivity index (χ0v) is 18.1. The monoisotopic (exact) mass is 457 g/mol. The molecule has 1 aromatic carbocycles. The summed E-state index contributed by atoms with van der Waals surface area (Å²) in [6.45, 7) is 4.28. The third-order valence-electron chi connectivity index (χ3n) is 6.48. The molecule has 172 valence electrons. The Labute approximate surface area is 188 Å². The molecule has 3 atom stereocenters. The van der Waals surface area contributed by atoms with Crippen LogP contribution in [0.4, 0.5) is 13.2 Å². The number of hydrogen-bond donors (Lipinski definition) is 0. The summed E-state index contributed by atoms with van der Waals surface area (Å²) in [5.41, 5.74) is 2.03. The van der Waals surface area contributed by atoms with Crippen LogP contribution in [0.5, 0.6) is 5.88 Å². The lowest BCUT2D eigenvalue weighted by Crippen LogP contribution is -2.47. The highest BCUT2D eigenvalue weighted by atomic mass is 19.4. The second kappa shape index (κ2) is 7.90. The van der Waals surface area contributed by atoms with Crippen molar-refractivity contribution in [1.82, 2.24) is 15.0 Å². The van der Waals surface area contributed by atoms with Crippen LogP contribution < -0.4 is 4.74 Å². The van der Waals surface area contributed by atoms with E-state index in [4.69, 9.17) is 9.26 Å². The van der Waals surface area contributed by atoms with Crippen molar-refractivity contribution in [3.63, 3.8) is 0 Å². The van der Waals surface area contributed by atoms with Crippen LogP contribution in [-0.2, 0) is 6.18 Å². The van der Waals surface area contributed by atoms with Crippen molar-refractivity contribution in [2.45, 2.75) is 45.0 Å². The van der Waals surface area contributed by atoms with Crippen molar-refractivity contribution in [3.05, 3.63) is 65.2 Å². The van der Waals surface area contributed by atoms with E-state index < -0.39 is 11.7 Å². The molecule has 1 saturated carbocycles. The van der Waals surface area contributed by atoms with Gasteiger partial charge in [0.25, 0.3) is 5.91 Å². The predicted molar refractivity (Wildman–Crippen MR) is 113 cm³/mol. The second-order valence-corrected chi connectivity index (χ2v) is 8.65. The average Bonchev–Trinajstić information content (AvgIpc) is 3.47. The van der Waals surface area contributed by atoms with Crippen molar-refractivity contribution in [2.24, 2.45) is 5.92 Å². The predicted octanol–water partition coefficient (Wildman–Crippen LogP) is 5.05.